The number of fused-ring (bicyclic) bond motifs is 3. The first-order valence-electron chi connectivity index (χ1n) is 8.59. The second-order valence-corrected chi connectivity index (χ2v) is 6.72. The van der Waals surface area contributed by atoms with Crippen molar-refractivity contribution in [2.45, 2.75) is 18.5 Å². The summed E-state index contributed by atoms with van der Waals surface area (Å²) in [5.41, 5.74) is 1.91. The predicted octanol–water partition coefficient (Wildman–Crippen LogP) is 0.300. The van der Waals surface area contributed by atoms with Crippen molar-refractivity contribution in [2.24, 2.45) is 5.10 Å². The molecular formula is C18H22N6O2. The summed E-state index contributed by atoms with van der Waals surface area (Å²) in [5, 5.41) is 10.0. The monoisotopic (exact) mass is 354 g/mol. The second-order valence-electron chi connectivity index (χ2n) is 6.72. The molecule has 4 rings (SSSR count). The zero-order valence-corrected chi connectivity index (χ0v) is 14.9. The third-order valence-corrected chi connectivity index (χ3v) is 5.17. The molecule has 3 heterocycles. The molecule has 0 bridgehead atoms. The predicted molar refractivity (Wildman–Crippen MR) is 97.0 cm³/mol. The quantitative estimate of drug-likeness (QED) is 0.791. The maximum Gasteiger partial charge on any atom is 0.327 e. The molecule has 0 aliphatic carbocycles. The van der Waals surface area contributed by atoms with Gasteiger partial charge in [0, 0.05) is 20.6 Å². The van der Waals surface area contributed by atoms with E-state index in [1.165, 1.54) is 11.9 Å². The molecule has 0 aromatic heterocycles. The van der Waals surface area contributed by atoms with Gasteiger partial charge in [-0.1, -0.05) is 36.4 Å². The fourth-order valence-electron chi connectivity index (χ4n) is 3.83. The van der Waals surface area contributed by atoms with Crippen molar-refractivity contribution in [1.82, 2.24) is 25.0 Å². The maximum absolute atomic E-state index is 12.8. The van der Waals surface area contributed by atoms with Gasteiger partial charge in [-0.2, -0.15) is 5.10 Å². The number of rotatable bonds is 3. The Morgan fingerprint density at radius 2 is 2.00 bits per heavy atom. The molecule has 3 aliphatic heterocycles. The Hall–Kier alpha value is -2.71. The fraction of sp³-hybridized carbons (Fsp3) is 0.389. The van der Waals surface area contributed by atoms with Crippen LogP contribution in [0.3, 0.4) is 0 Å². The number of hydrazone groups is 1. The lowest BCUT2D eigenvalue weighted by molar-refractivity contribution is -0.137. The van der Waals surface area contributed by atoms with Crippen LogP contribution in [0.2, 0.25) is 0 Å². The topological polar surface area (TPSA) is 71.5 Å². The SMILES string of the molecule is C=CCN1N=C(c2ccccc2)CN2C3C(=O)N(C)C(=O)N(C)C3NC12. The number of likely N-dealkylation sites (N-methyl/N-ethyl adjacent to an activating group) is 2. The third-order valence-electron chi connectivity index (χ3n) is 5.17. The van der Waals surface area contributed by atoms with Crippen LogP contribution in [0, 0.1) is 0 Å². The minimum absolute atomic E-state index is 0.194. The van der Waals surface area contributed by atoms with E-state index in [0.29, 0.717) is 13.1 Å². The van der Waals surface area contributed by atoms with Crippen molar-refractivity contribution >= 4 is 17.6 Å². The molecule has 2 fully saturated rings. The van der Waals surface area contributed by atoms with Gasteiger partial charge in [0.25, 0.3) is 5.91 Å². The van der Waals surface area contributed by atoms with Crippen molar-refractivity contribution in [3.8, 4) is 0 Å². The summed E-state index contributed by atoms with van der Waals surface area (Å²) in [5.74, 6) is -0.194. The van der Waals surface area contributed by atoms with Gasteiger partial charge in [0.15, 0.2) is 6.29 Å². The smallest absolute Gasteiger partial charge is 0.310 e. The molecule has 0 radical (unpaired) electrons. The highest BCUT2D eigenvalue weighted by atomic mass is 16.2. The van der Waals surface area contributed by atoms with E-state index in [1.807, 2.05) is 35.3 Å². The van der Waals surface area contributed by atoms with Gasteiger partial charge in [0.2, 0.25) is 0 Å². The van der Waals surface area contributed by atoms with E-state index in [0.717, 1.165) is 11.3 Å². The van der Waals surface area contributed by atoms with Crippen LogP contribution in [0.5, 0.6) is 0 Å². The molecule has 3 aliphatic rings. The Labute approximate surface area is 152 Å². The first kappa shape index (κ1) is 16.7. The van der Waals surface area contributed by atoms with Gasteiger partial charge in [-0.05, 0) is 5.56 Å². The second kappa shape index (κ2) is 6.22. The Balaban J connectivity index is 1.72. The van der Waals surface area contributed by atoms with Gasteiger partial charge in [0.1, 0.15) is 12.2 Å². The molecule has 26 heavy (non-hydrogen) atoms. The lowest BCUT2D eigenvalue weighted by atomic mass is 10.1. The average Bonchev–Trinajstić information content (AvgIpc) is 3.05. The molecule has 1 N–H and O–H groups in total. The van der Waals surface area contributed by atoms with Crippen LogP contribution in [0.15, 0.2) is 48.1 Å². The molecule has 136 valence electrons. The van der Waals surface area contributed by atoms with Crippen LogP contribution >= 0.6 is 0 Å². The molecule has 3 unspecified atom stereocenters. The summed E-state index contributed by atoms with van der Waals surface area (Å²) in [7, 11) is 3.24. The van der Waals surface area contributed by atoms with Crippen LogP contribution in [-0.4, -0.2) is 83.0 Å². The van der Waals surface area contributed by atoms with Crippen LogP contribution in [0.4, 0.5) is 4.79 Å². The van der Waals surface area contributed by atoms with Crippen molar-refractivity contribution in [3.05, 3.63) is 48.6 Å². The van der Waals surface area contributed by atoms with Crippen molar-refractivity contribution in [2.75, 3.05) is 27.2 Å². The highest BCUT2D eigenvalue weighted by Gasteiger charge is 2.55. The molecule has 1 aromatic rings. The number of hydrogen-bond acceptors (Lipinski definition) is 6. The minimum Gasteiger partial charge on any atom is -0.310 e. The highest BCUT2D eigenvalue weighted by Crippen LogP contribution is 2.30. The molecule has 2 saturated heterocycles. The van der Waals surface area contributed by atoms with E-state index in [-0.39, 0.29) is 24.4 Å². The van der Waals surface area contributed by atoms with Crippen LogP contribution < -0.4 is 5.32 Å². The molecule has 0 saturated carbocycles. The summed E-state index contributed by atoms with van der Waals surface area (Å²) >= 11 is 0. The zero-order valence-electron chi connectivity index (χ0n) is 14.9. The Kier molecular flexibility index (Phi) is 4.01. The van der Waals surface area contributed by atoms with Gasteiger partial charge < -0.3 is 4.90 Å². The molecule has 8 heteroatoms. The van der Waals surface area contributed by atoms with E-state index in [4.69, 9.17) is 5.10 Å². The molecule has 0 spiro atoms. The fourth-order valence-corrected chi connectivity index (χ4v) is 3.83. The number of benzene rings is 1. The highest BCUT2D eigenvalue weighted by molar-refractivity contribution is 6.04. The van der Waals surface area contributed by atoms with Gasteiger partial charge in [-0.15, -0.1) is 6.58 Å². The van der Waals surface area contributed by atoms with Gasteiger partial charge in [-0.25, -0.2) is 9.69 Å². The van der Waals surface area contributed by atoms with E-state index in [2.05, 4.69) is 16.8 Å². The molecule has 8 nitrogen and oxygen atoms in total. The van der Waals surface area contributed by atoms with E-state index in [9.17, 15) is 9.59 Å². The van der Waals surface area contributed by atoms with Crippen LogP contribution in [0.1, 0.15) is 5.56 Å². The summed E-state index contributed by atoms with van der Waals surface area (Å²) in [6.07, 6.45) is 1.14. The number of amides is 3. The van der Waals surface area contributed by atoms with E-state index >= 15 is 0 Å². The number of carbonyl (C=O) groups is 2. The van der Waals surface area contributed by atoms with Crippen LogP contribution in [0.25, 0.3) is 0 Å². The first-order valence-corrected chi connectivity index (χ1v) is 8.59. The van der Waals surface area contributed by atoms with Gasteiger partial charge >= 0.3 is 6.03 Å². The third kappa shape index (κ3) is 2.41. The first-order chi connectivity index (χ1) is 12.5. The van der Waals surface area contributed by atoms with E-state index < -0.39 is 6.04 Å². The van der Waals surface area contributed by atoms with Crippen LogP contribution in [-0.2, 0) is 4.79 Å². The number of imide groups is 1. The normalized spacial score (nSPS) is 28.8. The van der Waals surface area contributed by atoms with Crippen molar-refractivity contribution in [1.29, 1.82) is 0 Å². The van der Waals surface area contributed by atoms with E-state index in [1.54, 1.807) is 18.0 Å². The Bertz CT molecular complexity index is 779. The largest absolute Gasteiger partial charge is 0.327 e. The average molecular weight is 354 g/mol. The summed E-state index contributed by atoms with van der Waals surface area (Å²) in [6.45, 7) is 4.87. The zero-order chi connectivity index (χ0) is 18.4. The molecule has 3 amide bonds. The summed E-state index contributed by atoms with van der Waals surface area (Å²) in [6, 6.07) is 9.17. The summed E-state index contributed by atoms with van der Waals surface area (Å²) < 4.78 is 0. The Morgan fingerprint density at radius 3 is 2.69 bits per heavy atom. The summed E-state index contributed by atoms with van der Waals surface area (Å²) in [4.78, 5) is 30.0. The maximum atomic E-state index is 12.8. The van der Waals surface area contributed by atoms with Gasteiger partial charge in [-0.3, -0.25) is 20.0 Å². The van der Waals surface area contributed by atoms with Gasteiger partial charge in [0.05, 0.1) is 12.3 Å². The number of carbonyl (C=O) groups excluding carboxylic acids is 2. The number of urea groups is 1. The van der Waals surface area contributed by atoms with Crippen molar-refractivity contribution in [3.63, 3.8) is 0 Å². The molecule has 1 aromatic carbocycles. The standard InChI is InChI=1S/C18H22N6O2/c1-4-10-24-17-19-15-14(16(25)22(3)18(26)21(15)2)23(17)11-13(20-24)12-8-6-5-7-9-12/h4-9,14-15,17,19H,1,10-11H2,2-3H3. The number of nitrogens with zero attached hydrogens (tertiary/aromatic N) is 5. The van der Waals surface area contributed by atoms with Crippen molar-refractivity contribution < 1.29 is 9.59 Å². The Morgan fingerprint density at radius 1 is 1.27 bits per heavy atom. The number of hydrogen-bond donors (Lipinski definition) is 1. The molecule has 3 atom stereocenters. The number of nitrogens with one attached hydrogen (secondary N) is 1. The minimum atomic E-state index is -0.450. The lowest BCUT2D eigenvalue weighted by Crippen LogP contribution is -2.65. The lowest BCUT2D eigenvalue weighted by Gasteiger charge is -2.41. The molecular weight excluding hydrogens is 332 g/mol.